The van der Waals surface area contributed by atoms with E-state index in [1.165, 1.54) is 0 Å². The van der Waals surface area contributed by atoms with Crippen LogP contribution in [0.2, 0.25) is 0 Å². The van der Waals surface area contributed by atoms with E-state index in [-0.39, 0.29) is 0 Å². The van der Waals surface area contributed by atoms with E-state index in [0.717, 1.165) is 32.4 Å². The number of sulfonamides is 1. The van der Waals surface area contributed by atoms with Gasteiger partial charge in [-0.15, -0.1) is 0 Å². The molecule has 1 rings (SSSR count). The fourth-order valence-corrected chi connectivity index (χ4v) is 3.55. The Bertz CT molecular complexity index is 277. The van der Waals surface area contributed by atoms with Gasteiger partial charge in [0.15, 0.2) is 0 Å². The predicted octanol–water partition coefficient (Wildman–Crippen LogP) is 0.658. The summed E-state index contributed by atoms with van der Waals surface area (Å²) in [6, 6.07) is 0. The molecule has 0 aliphatic carbocycles. The molecular weight excluding hydrogens is 212 g/mol. The summed E-state index contributed by atoms with van der Waals surface area (Å²) in [5.74, 6) is 0.832. The molecule has 0 spiro atoms. The molecule has 0 radical (unpaired) electrons. The Kier molecular flexibility index (Phi) is 5.02. The minimum absolute atomic E-state index is 0.307. The van der Waals surface area contributed by atoms with Gasteiger partial charge in [0.2, 0.25) is 10.0 Å². The molecule has 0 aromatic rings. The van der Waals surface area contributed by atoms with E-state index >= 15 is 0 Å². The van der Waals surface area contributed by atoms with E-state index in [0.29, 0.717) is 18.2 Å². The van der Waals surface area contributed by atoms with E-state index in [2.05, 4.69) is 12.2 Å². The van der Waals surface area contributed by atoms with Crippen LogP contribution in [0, 0.1) is 5.92 Å². The summed E-state index contributed by atoms with van der Waals surface area (Å²) in [6.07, 6.45) is 2.70. The molecule has 1 heterocycles. The van der Waals surface area contributed by atoms with Gasteiger partial charge in [-0.1, -0.05) is 6.92 Å². The summed E-state index contributed by atoms with van der Waals surface area (Å²) < 4.78 is 25.3. The van der Waals surface area contributed by atoms with E-state index < -0.39 is 10.0 Å². The zero-order valence-corrected chi connectivity index (χ0v) is 10.5. The molecule has 1 saturated heterocycles. The molecule has 4 nitrogen and oxygen atoms in total. The lowest BCUT2D eigenvalue weighted by Crippen LogP contribution is -2.31. The smallest absolute Gasteiger partial charge is 0.214 e. The molecule has 1 unspecified atom stereocenters. The van der Waals surface area contributed by atoms with Gasteiger partial charge in [0.05, 0.1) is 5.75 Å². The number of nitrogens with one attached hydrogen (secondary N) is 1. The first-order valence-corrected chi connectivity index (χ1v) is 7.29. The Balaban J connectivity index is 2.32. The van der Waals surface area contributed by atoms with Crippen molar-refractivity contribution >= 4 is 10.0 Å². The summed E-state index contributed by atoms with van der Waals surface area (Å²) in [6.45, 7) is 4.44. The third kappa shape index (κ3) is 4.09. The van der Waals surface area contributed by atoms with Crippen LogP contribution in [0.15, 0.2) is 0 Å². The third-order valence-corrected chi connectivity index (χ3v) is 4.78. The fraction of sp³-hybridized carbons (Fsp3) is 1.00. The van der Waals surface area contributed by atoms with Crippen molar-refractivity contribution in [3.05, 3.63) is 0 Å². The molecule has 0 saturated carbocycles. The summed E-state index contributed by atoms with van der Waals surface area (Å²) in [5, 5.41) is 3.02. The molecule has 0 amide bonds. The van der Waals surface area contributed by atoms with Crippen molar-refractivity contribution < 1.29 is 8.42 Å². The molecule has 5 heteroatoms. The van der Waals surface area contributed by atoms with Crippen LogP contribution in [-0.2, 0) is 10.0 Å². The second-order valence-electron chi connectivity index (χ2n) is 4.38. The molecule has 1 N–H and O–H groups in total. The van der Waals surface area contributed by atoms with Gasteiger partial charge in [-0.05, 0) is 38.8 Å². The van der Waals surface area contributed by atoms with Crippen molar-refractivity contribution in [2.45, 2.75) is 26.2 Å². The average molecular weight is 234 g/mol. The van der Waals surface area contributed by atoms with Crippen LogP contribution in [0.25, 0.3) is 0 Å². The van der Waals surface area contributed by atoms with E-state index in [1.807, 2.05) is 7.05 Å². The zero-order valence-electron chi connectivity index (χ0n) is 9.70. The van der Waals surface area contributed by atoms with Crippen molar-refractivity contribution in [1.29, 1.82) is 0 Å². The number of nitrogens with zero attached hydrogens (tertiary/aromatic N) is 1. The van der Waals surface area contributed by atoms with E-state index in [1.54, 1.807) is 4.31 Å². The minimum Gasteiger partial charge on any atom is -0.320 e. The van der Waals surface area contributed by atoms with Gasteiger partial charge < -0.3 is 5.32 Å². The lowest BCUT2D eigenvalue weighted by molar-refractivity contribution is 0.462. The number of unbranched alkanes of at least 4 members (excludes halogenated alkanes) is 1. The van der Waals surface area contributed by atoms with E-state index in [9.17, 15) is 8.42 Å². The molecule has 1 fully saturated rings. The Morgan fingerprint density at radius 3 is 2.67 bits per heavy atom. The first-order valence-electron chi connectivity index (χ1n) is 5.68. The summed E-state index contributed by atoms with van der Waals surface area (Å²) in [7, 11) is -1.08. The minimum atomic E-state index is -2.97. The quantitative estimate of drug-likeness (QED) is 0.687. The van der Waals surface area contributed by atoms with Gasteiger partial charge in [-0.3, -0.25) is 0 Å². The SMILES string of the molecule is CNCCCCS(=O)(=O)N1CCC(C)C1. The Morgan fingerprint density at radius 1 is 1.40 bits per heavy atom. The third-order valence-electron chi connectivity index (χ3n) is 2.86. The van der Waals surface area contributed by atoms with Gasteiger partial charge in [0.1, 0.15) is 0 Å². The van der Waals surface area contributed by atoms with Gasteiger partial charge >= 0.3 is 0 Å². The van der Waals surface area contributed by atoms with Crippen molar-refractivity contribution in [2.24, 2.45) is 5.92 Å². The molecule has 90 valence electrons. The van der Waals surface area contributed by atoms with Crippen LogP contribution < -0.4 is 5.32 Å². The lowest BCUT2D eigenvalue weighted by atomic mass is 10.2. The van der Waals surface area contributed by atoms with Crippen molar-refractivity contribution in [3.8, 4) is 0 Å². The first-order chi connectivity index (χ1) is 7.06. The maximum absolute atomic E-state index is 11.8. The maximum Gasteiger partial charge on any atom is 0.214 e. The second-order valence-corrected chi connectivity index (χ2v) is 6.47. The predicted molar refractivity (Wildman–Crippen MR) is 62.3 cm³/mol. The Labute approximate surface area is 93.1 Å². The van der Waals surface area contributed by atoms with Gasteiger partial charge in [0, 0.05) is 13.1 Å². The Morgan fingerprint density at radius 2 is 2.13 bits per heavy atom. The van der Waals surface area contributed by atoms with Gasteiger partial charge in [-0.25, -0.2) is 12.7 Å². The molecule has 1 aliphatic rings. The maximum atomic E-state index is 11.8. The van der Waals surface area contributed by atoms with Gasteiger partial charge in [0.25, 0.3) is 0 Å². The Hall–Kier alpha value is -0.130. The highest BCUT2D eigenvalue weighted by Crippen LogP contribution is 2.19. The molecule has 1 atom stereocenters. The highest BCUT2D eigenvalue weighted by molar-refractivity contribution is 7.89. The van der Waals surface area contributed by atoms with Crippen LogP contribution in [-0.4, -0.2) is 45.2 Å². The topological polar surface area (TPSA) is 49.4 Å². The zero-order chi connectivity index (χ0) is 11.3. The van der Waals surface area contributed by atoms with Crippen LogP contribution in [0.5, 0.6) is 0 Å². The summed E-state index contributed by atoms with van der Waals surface area (Å²) in [4.78, 5) is 0. The highest BCUT2D eigenvalue weighted by atomic mass is 32.2. The lowest BCUT2D eigenvalue weighted by Gasteiger charge is -2.15. The number of rotatable bonds is 6. The normalized spacial score (nSPS) is 23.5. The average Bonchev–Trinajstić information content (AvgIpc) is 2.60. The first kappa shape index (κ1) is 12.9. The van der Waals surface area contributed by atoms with Crippen molar-refractivity contribution in [2.75, 3.05) is 32.4 Å². The summed E-state index contributed by atoms with van der Waals surface area (Å²) >= 11 is 0. The molecule has 0 aromatic heterocycles. The number of hydrogen-bond donors (Lipinski definition) is 1. The largest absolute Gasteiger partial charge is 0.320 e. The molecule has 1 aliphatic heterocycles. The second kappa shape index (κ2) is 5.82. The molecular formula is C10H22N2O2S. The van der Waals surface area contributed by atoms with Crippen LogP contribution in [0.4, 0.5) is 0 Å². The molecule has 0 aromatic carbocycles. The van der Waals surface area contributed by atoms with Crippen molar-refractivity contribution in [3.63, 3.8) is 0 Å². The van der Waals surface area contributed by atoms with Crippen molar-refractivity contribution in [1.82, 2.24) is 9.62 Å². The van der Waals surface area contributed by atoms with E-state index in [4.69, 9.17) is 0 Å². The highest BCUT2D eigenvalue weighted by Gasteiger charge is 2.28. The number of hydrogen-bond acceptors (Lipinski definition) is 3. The summed E-state index contributed by atoms with van der Waals surface area (Å²) in [5.41, 5.74) is 0. The molecule has 0 bridgehead atoms. The standard InChI is InChI=1S/C10H22N2O2S/c1-10-5-7-12(9-10)15(13,14)8-4-3-6-11-2/h10-11H,3-9H2,1-2H3. The van der Waals surface area contributed by atoms with Gasteiger partial charge in [-0.2, -0.15) is 0 Å². The molecule has 15 heavy (non-hydrogen) atoms. The fourth-order valence-electron chi connectivity index (χ4n) is 1.86. The monoisotopic (exact) mass is 234 g/mol. The van der Waals surface area contributed by atoms with Crippen LogP contribution in [0.3, 0.4) is 0 Å². The van der Waals surface area contributed by atoms with Crippen LogP contribution in [0.1, 0.15) is 26.2 Å². The van der Waals surface area contributed by atoms with Crippen LogP contribution >= 0.6 is 0 Å².